The van der Waals surface area contributed by atoms with Gasteiger partial charge < -0.3 is 4.74 Å². The fraction of sp³-hybridized carbons (Fsp3) is 0.588. The second-order valence-corrected chi connectivity index (χ2v) is 6.80. The molecule has 0 bridgehead atoms. The summed E-state index contributed by atoms with van der Waals surface area (Å²) in [5, 5.41) is 0. The van der Waals surface area contributed by atoms with Gasteiger partial charge in [0.1, 0.15) is 5.75 Å². The SMILES string of the molecule is CC(N(C)CC(=O)c1ccc2c(c1)CCO2)C(C)(C)C. The number of ketones is 1. The molecule has 0 aliphatic carbocycles. The lowest BCUT2D eigenvalue weighted by atomic mass is 9.87. The third-order valence-electron chi connectivity index (χ3n) is 4.32. The topological polar surface area (TPSA) is 29.5 Å². The molecule has 1 atom stereocenters. The molecule has 0 saturated heterocycles. The van der Waals surface area contributed by atoms with Crippen LogP contribution in [-0.2, 0) is 6.42 Å². The average molecular weight is 275 g/mol. The summed E-state index contributed by atoms with van der Waals surface area (Å²) in [6.07, 6.45) is 0.907. The number of Topliss-reactive ketones (excluding diaryl/α,β-unsaturated/α-hetero) is 1. The molecule has 0 amide bonds. The minimum atomic E-state index is 0.167. The molecule has 1 aromatic rings. The van der Waals surface area contributed by atoms with E-state index in [4.69, 9.17) is 4.74 Å². The Morgan fingerprint density at radius 2 is 2.10 bits per heavy atom. The first-order valence-electron chi connectivity index (χ1n) is 7.28. The van der Waals surface area contributed by atoms with Gasteiger partial charge in [-0.05, 0) is 43.1 Å². The molecule has 2 rings (SSSR count). The molecule has 1 aliphatic rings. The quantitative estimate of drug-likeness (QED) is 0.790. The third kappa shape index (κ3) is 3.21. The fourth-order valence-corrected chi connectivity index (χ4v) is 2.48. The van der Waals surface area contributed by atoms with Crippen molar-refractivity contribution in [3.8, 4) is 5.75 Å². The smallest absolute Gasteiger partial charge is 0.176 e. The predicted octanol–water partition coefficient (Wildman–Crippen LogP) is 3.17. The van der Waals surface area contributed by atoms with Crippen molar-refractivity contribution in [1.29, 1.82) is 0 Å². The summed E-state index contributed by atoms with van der Waals surface area (Å²) in [4.78, 5) is 14.5. The molecule has 0 fully saturated rings. The second-order valence-electron chi connectivity index (χ2n) is 6.80. The molecular weight excluding hydrogens is 250 g/mol. The zero-order valence-electron chi connectivity index (χ0n) is 13.2. The van der Waals surface area contributed by atoms with Gasteiger partial charge in [-0.3, -0.25) is 9.69 Å². The summed E-state index contributed by atoms with van der Waals surface area (Å²) in [5.41, 5.74) is 2.12. The van der Waals surface area contributed by atoms with Gasteiger partial charge in [0.2, 0.25) is 0 Å². The van der Waals surface area contributed by atoms with E-state index in [0.717, 1.165) is 29.9 Å². The first-order chi connectivity index (χ1) is 9.29. The molecule has 0 spiro atoms. The number of nitrogens with zero attached hydrogens (tertiary/aromatic N) is 1. The Balaban J connectivity index is 2.05. The first kappa shape index (κ1) is 15.0. The Kier molecular flexibility index (Phi) is 4.19. The molecule has 1 aliphatic heterocycles. The largest absolute Gasteiger partial charge is 0.493 e. The van der Waals surface area contributed by atoms with E-state index in [1.807, 2.05) is 25.2 Å². The minimum absolute atomic E-state index is 0.167. The molecular formula is C17H25NO2. The molecule has 110 valence electrons. The van der Waals surface area contributed by atoms with Crippen LogP contribution >= 0.6 is 0 Å². The molecule has 0 aromatic heterocycles. The molecule has 20 heavy (non-hydrogen) atoms. The summed E-state index contributed by atoms with van der Waals surface area (Å²) in [5.74, 6) is 1.11. The monoisotopic (exact) mass is 275 g/mol. The van der Waals surface area contributed by atoms with E-state index < -0.39 is 0 Å². The minimum Gasteiger partial charge on any atom is -0.493 e. The summed E-state index contributed by atoms with van der Waals surface area (Å²) < 4.78 is 5.48. The highest BCUT2D eigenvalue weighted by Crippen LogP contribution is 2.27. The lowest BCUT2D eigenvalue weighted by Crippen LogP contribution is -2.41. The Labute approximate surface area is 121 Å². The normalized spacial score (nSPS) is 15.9. The Bertz CT molecular complexity index is 502. The number of likely N-dealkylation sites (N-methyl/N-ethyl adjacent to an activating group) is 1. The van der Waals surface area contributed by atoms with Crippen LogP contribution in [0.4, 0.5) is 0 Å². The number of rotatable bonds is 4. The van der Waals surface area contributed by atoms with Gasteiger partial charge >= 0.3 is 0 Å². The van der Waals surface area contributed by atoms with Crippen LogP contribution in [0.15, 0.2) is 18.2 Å². The summed E-state index contributed by atoms with van der Waals surface area (Å²) in [6, 6.07) is 6.13. The zero-order chi connectivity index (χ0) is 14.9. The van der Waals surface area contributed by atoms with Gasteiger partial charge in [-0.2, -0.15) is 0 Å². The van der Waals surface area contributed by atoms with Crippen LogP contribution in [0, 0.1) is 5.41 Å². The third-order valence-corrected chi connectivity index (χ3v) is 4.32. The maximum absolute atomic E-state index is 12.4. The molecule has 1 aromatic carbocycles. The van der Waals surface area contributed by atoms with E-state index in [0.29, 0.717) is 12.6 Å². The molecule has 0 N–H and O–H groups in total. The first-order valence-corrected chi connectivity index (χ1v) is 7.28. The molecule has 0 saturated carbocycles. The fourth-order valence-electron chi connectivity index (χ4n) is 2.48. The summed E-state index contributed by atoms with van der Waals surface area (Å²) in [6.45, 7) is 9.96. The van der Waals surface area contributed by atoms with Gasteiger partial charge in [-0.25, -0.2) is 0 Å². The number of carbonyl (C=O) groups is 1. The van der Waals surface area contributed by atoms with Crippen molar-refractivity contribution >= 4 is 5.78 Å². The summed E-state index contributed by atoms with van der Waals surface area (Å²) >= 11 is 0. The van der Waals surface area contributed by atoms with Crippen LogP contribution in [0.25, 0.3) is 0 Å². The predicted molar refractivity (Wildman–Crippen MR) is 81.5 cm³/mol. The van der Waals surface area contributed by atoms with Crippen LogP contribution in [0.1, 0.15) is 43.6 Å². The number of hydrogen-bond donors (Lipinski definition) is 0. The van der Waals surface area contributed by atoms with E-state index in [-0.39, 0.29) is 11.2 Å². The molecule has 0 radical (unpaired) electrons. The lowest BCUT2D eigenvalue weighted by molar-refractivity contribution is 0.0853. The van der Waals surface area contributed by atoms with Crippen LogP contribution in [-0.4, -0.2) is 36.9 Å². The lowest BCUT2D eigenvalue weighted by Gasteiger charge is -2.35. The van der Waals surface area contributed by atoms with Gasteiger partial charge in [-0.1, -0.05) is 20.8 Å². The van der Waals surface area contributed by atoms with Crippen molar-refractivity contribution in [1.82, 2.24) is 4.90 Å². The van der Waals surface area contributed by atoms with Crippen molar-refractivity contribution in [2.45, 2.75) is 40.2 Å². The van der Waals surface area contributed by atoms with E-state index in [2.05, 4.69) is 32.6 Å². The average Bonchev–Trinajstić information content (AvgIpc) is 2.83. The Morgan fingerprint density at radius 3 is 2.75 bits per heavy atom. The van der Waals surface area contributed by atoms with Gasteiger partial charge in [0, 0.05) is 18.0 Å². The zero-order valence-corrected chi connectivity index (χ0v) is 13.2. The van der Waals surface area contributed by atoms with Gasteiger partial charge in [-0.15, -0.1) is 0 Å². The maximum Gasteiger partial charge on any atom is 0.176 e. The summed E-state index contributed by atoms with van der Waals surface area (Å²) in [7, 11) is 2.02. The number of hydrogen-bond acceptors (Lipinski definition) is 3. The Hall–Kier alpha value is -1.35. The highest BCUT2D eigenvalue weighted by molar-refractivity contribution is 5.98. The molecule has 1 unspecified atom stereocenters. The number of fused-ring (bicyclic) bond motifs is 1. The van der Waals surface area contributed by atoms with Crippen LogP contribution < -0.4 is 4.74 Å². The van der Waals surface area contributed by atoms with Crippen molar-refractivity contribution in [3.05, 3.63) is 29.3 Å². The van der Waals surface area contributed by atoms with Crippen LogP contribution in [0.2, 0.25) is 0 Å². The molecule has 3 nitrogen and oxygen atoms in total. The van der Waals surface area contributed by atoms with Crippen molar-refractivity contribution in [2.24, 2.45) is 5.41 Å². The Morgan fingerprint density at radius 1 is 1.40 bits per heavy atom. The van der Waals surface area contributed by atoms with Crippen molar-refractivity contribution in [3.63, 3.8) is 0 Å². The van der Waals surface area contributed by atoms with Gasteiger partial charge in [0.15, 0.2) is 5.78 Å². The standard InChI is InChI=1S/C17H25NO2/c1-12(17(2,3)4)18(5)11-15(19)13-6-7-16-14(10-13)8-9-20-16/h6-7,10,12H,8-9,11H2,1-5H3. The van der Waals surface area contributed by atoms with Crippen LogP contribution in [0.3, 0.4) is 0 Å². The number of carbonyl (C=O) groups excluding carboxylic acids is 1. The highest BCUT2D eigenvalue weighted by Gasteiger charge is 2.25. The van der Waals surface area contributed by atoms with E-state index in [1.165, 1.54) is 0 Å². The van der Waals surface area contributed by atoms with Gasteiger partial charge in [0.05, 0.1) is 13.2 Å². The van der Waals surface area contributed by atoms with Crippen LogP contribution in [0.5, 0.6) is 5.75 Å². The molecule has 3 heteroatoms. The van der Waals surface area contributed by atoms with E-state index in [1.54, 1.807) is 0 Å². The maximum atomic E-state index is 12.4. The second kappa shape index (κ2) is 5.57. The van der Waals surface area contributed by atoms with E-state index in [9.17, 15) is 4.79 Å². The molecule has 1 heterocycles. The number of ether oxygens (including phenoxy) is 1. The highest BCUT2D eigenvalue weighted by atomic mass is 16.5. The van der Waals surface area contributed by atoms with Crippen molar-refractivity contribution < 1.29 is 9.53 Å². The number of benzene rings is 1. The van der Waals surface area contributed by atoms with Crippen molar-refractivity contribution in [2.75, 3.05) is 20.2 Å². The van der Waals surface area contributed by atoms with Gasteiger partial charge in [0.25, 0.3) is 0 Å². The van der Waals surface area contributed by atoms with E-state index >= 15 is 0 Å².